The largest absolute Gasteiger partial charge is 0.395 e. The van der Waals surface area contributed by atoms with Crippen LogP contribution in [-0.2, 0) is 0 Å². The minimum absolute atomic E-state index is 0.252. The summed E-state index contributed by atoms with van der Waals surface area (Å²) in [4.78, 5) is 2.41. The van der Waals surface area contributed by atoms with Crippen LogP contribution in [0.4, 0.5) is 0 Å². The molecule has 0 fully saturated rings. The molecule has 112 valence electrons. The van der Waals surface area contributed by atoms with Gasteiger partial charge in [0.25, 0.3) is 0 Å². The van der Waals surface area contributed by atoms with Crippen LogP contribution in [0, 0.1) is 11.8 Å². The number of allylic oxidation sites excluding steroid dienone is 2. The SMILES string of the molecule is CCN(CC)CCNC(CO)C1CC(C)=CC(C)C1. The summed E-state index contributed by atoms with van der Waals surface area (Å²) in [6, 6.07) is 0.252. The second kappa shape index (κ2) is 8.72. The first-order chi connectivity index (χ1) is 9.10. The lowest BCUT2D eigenvalue weighted by molar-refractivity contribution is 0.175. The molecule has 0 amide bonds. The quantitative estimate of drug-likeness (QED) is 0.663. The van der Waals surface area contributed by atoms with E-state index in [1.165, 1.54) is 12.0 Å². The molecule has 0 bridgehead atoms. The predicted octanol–water partition coefficient (Wildman–Crippen LogP) is 2.27. The number of nitrogens with zero attached hydrogens (tertiary/aromatic N) is 1. The average Bonchev–Trinajstić information content (AvgIpc) is 2.38. The van der Waals surface area contributed by atoms with Gasteiger partial charge in [0.05, 0.1) is 6.61 Å². The molecule has 3 atom stereocenters. The molecule has 0 heterocycles. The van der Waals surface area contributed by atoms with Crippen LogP contribution in [0.2, 0.25) is 0 Å². The van der Waals surface area contributed by atoms with Crippen molar-refractivity contribution in [3.05, 3.63) is 11.6 Å². The summed E-state index contributed by atoms with van der Waals surface area (Å²) in [6.07, 6.45) is 4.70. The lowest BCUT2D eigenvalue weighted by Gasteiger charge is -2.32. The number of likely N-dealkylation sites (N-methyl/N-ethyl adjacent to an activating group) is 1. The Morgan fingerprint density at radius 1 is 1.42 bits per heavy atom. The van der Waals surface area contributed by atoms with Gasteiger partial charge in [-0.15, -0.1) is 0 Å². The van der Waals surface area contributed by atoms with Crippen molar-refractivity contribution in [2.24, 2.45) is 11.8 Å². The first-order valence-corrected chi connectivity index (χ1v) is 7.84. The molecular formula is C16H32N2O. The second-order valence-electron chi connectivity index (χ2n) is 5.96. The van der Waals surface area contributed by atoms with Crippen molar-refractivity contribution in [3.8, 4) is 0 Å². The summed E-state index contributed by atoms with van der Waals surface area (Å²) < 4.78 is 0. The van der Waals surface area contributed by atoms with E-state index in [2.05, 4.69) is 44.0 Å². The Hall–Kier alpha value is -0.380. The fourth-order valence-electron chi connectivity index (χ4n) is 3.23. The Kier molecular flexibility index (Phi) is 7.66. The first-order valence-electron chi connectivity index (χ1n) is 7.84. The lowest BCUT2D eigenvalue weighted by Crippen LogP contribution is -2.44. The van der Waals surface area contributed by atoms with Gasteiger partial charge in [-0.25, -0.2) is 0 Å². The fraction of sp³-hybridized carbons (Fsp3) is 0.875. The molecule has 0 aromatic carbocycles. The third kappa shape index (κ3) is 5.64. The molecule has 1 aliphatic carbocycles. The molecule has 3 nitrogen and oxygen atoms in total. The van der Waals surface area contributed by atoms with Crippen LogP contribution in [-0.4, -0.2) is 48.8 Å². The van der Waals surface area contributed by atoms with Crippen LogP contribution >= 0.6 is 0 Å². The van der Waals surface area contributed by atoms with Crippen LogP contribution in [0.15, 0.2) is 11.6 Å². The van der Waals surface area contributed by atoms with Gasteiger partial charge in [0.2, 0.25) is 0 Å². The summed E-state index contributed by atoms with van der Waals surface area (Å²) in [6.45, 7) is 13.4. The highest BCUT2D eigenvalue weighted by Crippen LogP contribution is 2.29. The zero-order valence-electron chi connectivity index (χ0n) is 13.2. The summed E-state index contributed by atoms with van der Waals surface area (Å²) in [5.74, 6) is 1.24. The van der Waals surface area contributed by atoms with Gasteiger partial charge >= 0.3 is 0 Å². The Morgan fingerprint density at radius 3 is 2.63 bits per heavy atom. The zero-order chi connectivity index (χ0) is 14.3. The monoisotopic (exact) mass is 268 g/mol. The molecule has 0 aromatic heterocycles. The van der Waals surface area contributed by atoms with E-state index in [1.807, 2.05) is 0 Å². The molecule has 0 aliphatic heterocycles. The van der Waals surface area contributed by atoms with Gasteiger partial charge in [0.15, 0.2) is 0 Å². The van der Waals surface area contributed by atoms with Crippen molar-refractivity contribution in [2.75, 3.05) is 32.8 Å². The molecule has 1 aliphatic rings. The molecule has 0 radical (unpaired) electrons. The van der Waals surface area contributed by atoms with Crippen molar-refractivity contribution in [3.63, 3.8) is 0 Å². The Labute approximate surface area is 119 Å². The summed E-state index contributed by atoms with van der Waals surface area (Å²) in [5, 5.41) is 13.2. The zero-order valence-corrected chi connectivity index (χ0v) is 13.2. The summed E-state index contributed by atoms with van der Waals surface area (Å²) in [5.41, 5.74) is 1.48. The predicted molar refractivity (Wildman–Crippen MR) is 82.3 cm³/mol. The van der Waals surface area contributed by atoms with E-state index in [0.29, 0.717) is 11.8 Å². The first kappa shape index (κ1) is 16.7. The van der Waals surface area contributed by atoms with E-state index in [0.717, 1.165) is 32.6 Å². The number of hydrogen-bond acceptors (Lipinski definition) is 3. The highest BCUT2D eigenvalue weighted by molar-refractivity contribution is 5.07. The molecule has 2 N–H and O–H groups in total. The Morgan fingerprint density at radius 2 is 2.11 bits per heavy atom. The topological polar surface area (TPSA) is 35.5 Å². The standard InChI is InChI=1S/C16H32N2O/c1-5-18(6-2)8-7-17-16(12-19)15-10-13(3)9-14(4)11-15/h9,13,15-17,19H,5-8,10-12H2,1-4H3. The van der Waals surface area contributed by atoms with Crippen molar-refractivity contribution >= 4 is 0 Å². The maximum absolute atomic E-state index is 9.63. The Balaban J connectivity index is 2.39. The molecule has 0 spiro atoms. The van der Waals surface area contributed by atoms with Crippen LogP contribution in [0.3, 0.4) is 0 Å². The smallest absolute Gasteiger partial charge is 0.0587 e. The minimum atomic E-state index is 0.252. The number of nitrogens with one attached hydrogen (secondary N) is 1. The molecule has 0 saturated heterocycles. The van der Waals surface area contributed by atoms with Crippen LogP contribution in [0.25, 0.3) is 0 Å². The summed E-state index contributed by atoms with van der Waals surface area (Å²) >= 11 is 0. The molecule has 3 unspecified atom stereocenters. The normalized spacial score (nSPS) is 25.5. The van der Waals surface area contributed by atoms with Gasteiger partial charge in [0.1, 0.15) is 0 Å². The molecule has 3 heteroatoms. The third-order valence-corrected chi connectivity index (χ3v) is 4.32. The second-order valence-corrected chi connectivity index (χ2v) is 5.96. The van der Waals surface area contributed by atoms with Gasteiger partial charge in [-0.05, 0) is 44.7 Å². The number of hydrogen-bond donors (Lipinski definition) is 2. The van der Waals surface area contributed by atoms with E-state index in [9.17, 15) is 5.11 Å². The van der Waals surface area contributed by atoms with Crippen molar-refractivity contribution < 1.29 is 5.11 Å². The maximum atomic E-state index is 9.63. The van der Waals surface area contributed by atoms with Crippen molar-refractivity contribution in [1.29, 1.82) is 0 Å². The van der Waals surface area contributed by atoms with Crippen molar-refractivity contribution in [1.82, 2.24) is 10.2 Å². The molecule has 19 heavy (non-hydrogen) atoms. The number of aliphatic hydroxyl groups is 1. The maximum Gasteiger partial charge on any atom is 0.0587 e. The highest BCUT2D eigenvalue weighted by atomic mass is 16.3. The van der Waals surface area contributed by atoms with E-state index in [4.69, 9.17) is 0 Å². The van der Waals surface area contributed by atoms with E-state index in [-0.39, 0.29) is 12.6 Å². The molecular weight excluding hydrogens is 236 g/mol. The van der Waals surface area contributed by atoms with Crippen molar-refractivity contribution in [2.45, 2.75) is 46.6 Å². The van der Waals surface area contributed by atoms with Crippen LogP contribution in [0.5, 0.6) is 0 Å². The van der Waals surface area contributed by atoms with Gasteiger partial charge in [-0.1, -0.05) is 32.4 Å². The van der Waals surface area contributed by atoms with Crippen LogP contribution < -0.4 is 5.32 Å². The Bertz CT molecular complexity index is 274. The highest BCUT2D eigenvalue weighted by Gasteiger charge is 2.25. The third-order valence-electron chi connectivity index (χ3n) is 4.32. The van der Waals surface area contributed by atoms with E-state index >= 15 is 0 Å². The van der Waals surface area contributed by atoms with Gasteiger partial charge in [-0.3, -0.25) is 0 Å². The average molecular weight is 268 g/mol. The molecule has 0 saturated carbocycles. The number of rotatable bonds is 8. The summed E-state index contributed by atoms with van der Waals surface area (Å²) in [7, 11) is 0. The van der Waals surface area contributed by atoms with Gasteiger partial charge in [0, 0.05) is 19.1 Å². The molecule has 0 aromatic rings. The minimum Gasteiger partial charge on any atom is -0.395 e. The van der Waals surface area contributed by atoms with Gasteiger partial charge < -0.3 is 15.3 Å². The fourth-order valence-corrected chi connectivity index (χ4v) is 3.23. The van der Waals surface area contributed by atoms with Gasteiger partial charge in [-0.2, -0.15) is 0 Å². The lowest BCUT2D eigenvalue weighted by atomic mass is 9.80. The van der Waals surface area contributed by atoms with E-state index < -0.39 is 0 Å². The number of aliphatic hydroxyl groups excluding tert-OH is 1. The van der Waals surface area contributed by atoms with E-state index in [1.54, 1.807) is 0 Å². The molecule has 1 rings (SSSR count). The van der Waals surface area contributed by atoms with Crippen LogP contribution in [0.1, 0.15) is 40.5 Å².